The van der Waals surface area contributed by atoms with Crippen LogP contribution in [0.2, 0.25) is 0 Å². The molecular weight excluding hydrogens is 220 g/mol. The summed E-state index contributed by atoms with van der Waals surface area (Å²) in [6.45, 7) is -0.217. The first-order valence-corrected chi connectivity index (χ1v) is 4.62. The van der Waals surface area contributed by atoms with Gasteiger partial charge in [0.1, 0.15) is 6.20 Å². The van der Waals surface area contributed by atoms with Gasteiger partial charge in [-0.05, 0) is 6.07 Å². The SMILES string of the molecule is NCC1(c2ccc([N+](=O)[O-])cn2)CC1(F)F. The van der Waals surface area contributed by atoms with Gasteiger partial charge < -0.3 is 5.73 Å². The van der Waals surface area contributed by atoms with Gasteiger partial charge in [0.05, 0.1) is 16.0 Å². The topological polar surface area (TPSA) is 82.0 Å². The molecule has 1 atom stereocenters. The molecule has 86 valence electrons. The van der Waals surface area contributed by atoms with Crippen LogP contribution in [-0.4, -0.2) is 22.4 Å². The second-order valence-electron chi connectivity index (χ2n) is 3.83. The van der Waals surface area contributed by atoms with Crippen LogP contribution >= 0.6 is 0 Å². The van der Waals surface area contributed by atoms with Crippen molar-refractivity contribution in [2.24, 2.45) is 5.73 Å². The summed E-state index contributed by atoms with van der Waals surface area (Å²) in [6.07, 6.45) is 0.627. The van der Waals surface area contributed by atoms with Crippen molar-refractivity contribution in [3.63, 3.8) is 0 Å². The summed E-state index contributed by atoms with van der Waals surface area (Å²) in [7, 11) is 0. The monoisotopic (exact) mass is 229 g/mol. The first-order chi connectivity index (χ1) is 7.43. The Labute approximate surface area is 89.4 Å². The van der Waals surface area contributed by atoms with E-state index in [2.05, 4.69) is 4.98 Å². The molecule has 0 aromatic carbocycles. The fraction of sp³-hybridized carbons (Fsp3) is 0.444. The highest BCUT2D eigenvalue weighted by Gasteiger charge is 2.72. The van der Waals surface area contributed by atoms with E-state index in [-0.39, 0.29) is 24.3 Å². The standard InChI is InChI=1S/C9H9F2N3O2/c10-9(11)4-8(9,5-12)7-2-1-6(3-13-7)14(15)16/h1-3H,4-5,12H2. The van der Waals surface area contributed by atoms with Gasteiger partial charge >= 0.3 is 0 Å². The first-order valence-electron chi connectivity index (χ1n) is 4.62. The van der Waals surface area contributed by atoms with Gasteiger partial charge in [0.25, 0.3) is 11.6 Å². The minimum atomic E-state index is -2.86. The fourth-order valence-electron chi connectivity index (χ4n) is 1.72. The Kier molecular flexibility index (Phi) is 2.16. The second kappa shape index (κ2) is 3.18. The smallest absolute Gasteiger partial charge is 0.287 e. The lowest BCUT2D eigenvalue weighted by atomic mass is 10.0. The van der Waals surface area contributed by atoms with E-state index < -0.39 is 16.3 Å². The Hall–Kier alpha value is -1.63. The number of pyridine rings is 1. The van der Waals surface area contributed by atoms with Crippen molar-refractivity contribution in [1.29, 1.82) is 0 Å². The summed E-state index contributed by atoms with van der Waals surface area (Å²) in [4.78, 5) is 13.4. The van der Waals surface area contributed by atoms with Crippen molar-refractivity contribution in [1.82, 2.24) is 4.98 Å². The summed E-state index contributed by atoms with van der Waals surface area (Å²) in [6, 6.07) is 2.40. The van der Waals surface area contributed by atoms with E-state index in [1.165, 1.54) is 6.07 Å². The van der Waals surface area contributed by atoms with Gasteiger partial charge in [-0.1, -0.05) is 0 Å². The number of nitrogens with two attached hydrogens (primary N) is 1. The van der Waals surface area contributed by atoms with Crippen molar-refractivity contribution < 1.29 is 13.7 Å². The van der Waals surface area contributed by atoms with Crippen molar-refractivity contribution in [3.8, 4) is 0 Å². The Balaban J connectivity index is 2.33. The van der Waals surface area contributed by atoms with Crippen molar-refractivity contribution in [3.05, 3.63) is 34.1 Å². The molecule has 1 saturated carbocycles. The largest absolute Gasteiger partial charge is 0.329 e. The number of halogens is 2. The average Bonchev–Trinajstić information content (AvgIpc) is 2.82. The number of nitro groups is 1. The van der Waals surface area contributed by atoms with Crippen LogP contribution in [-0.2, 0) is 5.41 Å². The third-order valence-corrected chi connectivity index (χ3v) is 2.90. The molecule has 0 amide bonds. The highest BCUT2D eigenvalue weighted by atomic mass is 19.3. The maximum atomic E-state index is 13.1. The van der Waals surface area contributed by atoms with E-state index >= 15 is 0 Å². The lowest BCUT2D eigenvalue weighted by Gasteiger charge is -2.12. The van der Waals surface area contributed by atoms with Crippen LogP contribution in [0.15, 0.2) is 18.3 Å². The van der Waals surface area contributed by atoms with Crippen LogP contribution in [0.5, 0.6) is 0 Å². The van der Waals surface area contributed by atoms with Gasteiger partial charge in [0, 0.05) is 19.0 Å². The Morgan fingerprint density at radius 3 is 2.50 bits per heavy atom. The zero-order valence-corrected chi connectivity index (χ0v) is 8.19. The van der Waals surface area contributed by atoms with Gasteiger partial charge in [0.15, 0.2) is 0 Å². The quantitative estimate of drug-likeness (QED) is 0.624. The molecule has 0 bridgehead atoms. The lowest BCUT2D eigenvalue weighted by Crippen LogP contribution is -2.27. The zero-order chi connectivity index (χ0) is 12.0. The van der Waals surface area contributed by atoms with Crippen LogP contribution in [0.4, 0.5) is 14.5 Å². The van der Waals surface area contributed by atoms with E-state index in [0.717, 1.165) is 12.3 Å². The number of hydrogen-bond donors (Lipinski definition) is 1. The van der Waals surface area contributed by atoms with Gasteiger partial charge in [-0.25, -0.2) is 8.78 Å². The van der Waals surface area contributed by atoms with E-state index in [1.54, 1.807) is 0 Å². The molecule has 1 aliphatic carbocycles. The van der Waals surface area contributed by atoms with E-state index in [0.29, 0.717) is 0 Å². The molecule has 1 fully saturated rings. The van der Waals surface area contributed by atoms with Crippen LogP contribution in [0.3, 0.4) is 0 Å². The molecule has 7 heteroatoms. The number of alkyl halides is 2. The predicted molar refractivity (Wildman–Crippen MR) is 51.2 cm³/mol. The highest BCUT2D eigenvalue weighted by molar-refractivity contribution is 5.37. The number of hydrogen-bond acceptors (Lipinski definition) is 4. The predicted octanol–water partition coefficient (Wildman–Crippen LogP) is 1.23. The summed E-state index contributed by atoms with van der Waals surface area (Å²) in [5, 5.41) is 10.4. The molecule has 2 N–H and O–H groups in total. The molecule has 0 radical (unpaired) electrons. The molecule has 1 aliphatic rings. The van der Waals surface area contributed by atoms with E-state index in [9.17, 15) is 18.9 Å². The molecular formula is C9H9F2N3O2. The number of nitrogens with zero attached hydrogens (tertiary/aromatic N) is 2. The maximum Gasteiger partial charge on any atom is 0.287 e. The third kappa shape index (κ3) is 1.35. The van der Waals surface area contributed by atoms with Crippen LogP contribution in [0.25, 0.3) is 0 Å². The van der Waals surface area contributed by atoms with Crippen LogP contribution in [0.1, 0.15) is 12.1 Å². The maximum absolute atomic E-state index is 13.1. The molecule has 0 spiro atoms. The molecule has 1 aromatic heterocycles. The van der Waals surface area contributed by atoms with E-state index in [4.69, 9.17) is 5.73 Å². The van der Waals surface area contributed by atoms with Gasteiger partial charge in [-0.3, -0.25) is 15.1 Å². The van der Waals surface area contributed by atoms with Crippen molar-refractivity contribution in [2.75, 3.05) is 6.54 Å². The Morgan fingerprint density at radius 1 is 1.56 bits per heavy atom. The molecule has 5 nitrogen and oxygen atoms in total. The number of rotatable bonds is 3. The summed E-state index contributed by atoms with van der Waals surface area (Å²) in [5.74, 6) is -2.86. The van der Waals surface area contributed by atoms with Crippen molar-refractivity contribution >= 4 is 5.69 Å². The Bertz CT molecular complexity index is 435. The molecule has 0 saturated heterocycles. The summed E-state index contributed by atoms with van der Waals surface area (Å²) >= 11 is 0. The lowest BCUT2D eigenvalue weighted by molar-refractivity contribution is -0.385. The highest BCUT2D eigenvalue weighted by Crippen LogP contribution is 2.60. The van der Waals surface area contributed by atoms with E-state index in [1.807, 2.05) is 0 Å². The van der Waals surface area contributed by atoms with Crippen molar-refractivity contribution in [2.45, 2.75) is 17.8 Å². The third-order valence-electron chi connectivity index (χ3n) is 2.90. The Morgan fingerprint density at radius 2 is 2.19 bits per heavy atom. The average molecular weight is 229 g/mol. The van der Waals surface area contributed by atoms with Gasteiger partial charge in [-0.2, -0.15) is 0 Å². The molecule has 0 aliphatic heterocycles. The molecule has 1 aromatic rings. The normalized spacial score (nSPS) is 26.4. The van der Waals surface area contributed by atoms with Crippen LogP contribution < -0.4 is 5.73 Å². The summed E-state index contributed by atoms with van der Waals surface area (Å²) in [5.41, 5.74) is 3.79. The minimum Gasteiger partial charge on any atom is -0.329 e. The fourth-order valence-corrected chi connectivity index (χ4v) is 1.72. The molecule has 16 heavy (non-hydrogen) atoms. The first kappa shape index (κ1) is 10.9. The minimum absolute atomic E-state index is 0.116. The molecule has 1 heterocycles. The molecule has 2 rings (SSSR count). The summed E-state index contributed by atoms with van der Waals surface area (Å²) < 4.78 is 26.3. The number of aromatic nitrogens is 1. The van der Waals surface area contributed by atoms with Gasteiger partial charge in [0.2, 0.25) is 0 Å². The molecule has 1 unspecified atom stereocenters. The van der Waals surface area contributed by atoms with Gasteiger partial charge in [-0.15, -0.1) is 0 Å². The zero-order valence-electron chi connectivity index (χ0n) is 8.19. The van der Waals surface area contributed by atoms with Crippen LogP contribution in [0, 0.1) is 10.1 Å². The second-order valence-corrected chi connectivity index (χ2v) is 3.83.